The quantitative estimate of drug-likeness (QED) is 0.288. The van der Waals surface area contributed by atoms with Crippen molar-refractivity contribution in [3.63, 3.8) is 0 Å². The maximum atomic E-state index is 13.6. The minimum Gasteiger partial charge on any atom is -0.494 e. The van der Waals surface area contributed by atoms with Crippen molar-refractivity contribution in [2.45, 2.75) is 25.9 Å². The zero-order valence-corrected chi connectivity index (χ0v) is 22.1. The van der Waals surface area contributed by atoms with Gasteiger partial charge in [0, 0.05) is 22.5 Å². The van der Waals surface area contributed by atoms with E-state index in [0.717, 1.165) is 37.3 Å². The Morgan fingerprint density at radius 1 is 0.974 bits per heavy atom. The van der Waals surface area contributed by atoms with E-state index in [2.05, 4.69) is 26.1 Å². The molecule has 0 saturated carbocycles. The van der Waals surface area contributed by atoms with Crippen LogP contribution in [0.1, 0.15) is 30.5 Å². The predicted octanol–water partition coefficient (Wildman–Crippen LogP) is 5.59. The van der Waals surface area contributed by atoms with E-state index in [-0.39, 0.29) is 12.4 Å². The van der Waals surface area contributed by atoms with E-state index in [1.165, 1.54) is 23.2 Å². The molecule has 1 unspecified atom stereocenters. The first kappa shape index (κ1) is 25.5. The molecule has 0 radical (unpaired) electrons. The van der Waals surface area contributed by atoms with Crippen LogP contribution >= 0.6 is 15.9 Å². The molecule has 3 aromatic carbocycles. The zero-order valence-electron chi connectivity index (χ0n) is 20.6. The summed E-state index contributed by atoms with van der Waals surface area (Å²) in [6.45, 7) is 2.18. The van der Waals surface area contributed by atoms with Gasteiger partial charge in [-0.25, -0.2) is 14.1 Å². The first-order valence-electron chi connectivity index (χ1n) is 12.1. The van der Waals surface area contributed by atoms with Gasteiger partial charge in [-0.1, -0.05) is 40.2 Å². The molecule has 0 fully saturated rings. The van der Waals surface area contributed by atoms with Crippen molar-refractivity contribution in [1.29, 1.82) is 0 Å². The summed E-state index contributed by atoms with van der Waals surface area (Å²) in [5.74, 6) is -0.0227. The third-order valence-corrected chi connectivity index (χ3v) is 6.74. The minimum atomic E-state index is -0.438. The van der Waals surface area contributed by atoms with E-state index in [4.69, 9.17) is 4.74 Å². The van der Waals surface area contributed by atoms with Crippen LogP contribution in [-0.4, -0.2) is 33.0 Å². The molecule has 38 heavy (non-hydrogen) atoms. The van der Waals surface area contributed by atoms with Gasteiger partial charge in [-0.05, 0) is 72.6 Å². The van der Waals surface area contributed by atoms with Gasteiger partial charge >= 0.3 is 0 Å². The summed E-state index contributed by atoms with van der Waals surface area (Å²) in [5, 5.41) is 10.5. The van der Waals surface area contributed by atoms with Gasteiger partial charge in [0.15, 0.2) is 0 Å². The molecule has 4 aromatic rings. The molecule has 1 atom stereocenters. The van der Waals surface area contributed by atoms with Crippen LogP contribution in [0, 0.1) is 5.82 Å². The molecule has 9 heteroatoms. The molecule has 1 amide bonds. The normalized spacial score (nSPS) is 14.9. The lowest BCUT2D eigenvalue weighted by Gasteiger charge is -2.22. The summed E-state index contributed by atoms with van der Waals surface area (Å²) in [4.78, 5) is 26.2. The van der Waals surface area contributed by atoms with Crippen molar-refractivity contribution in [2.24, 2.45) is 5.10 Å². The first-order valence-corrected chi connectivity index (χ1v) is 12.9. The Kier molecular flexibility index (Phi) is 7.46. The molecule has 5 rings (SSSR count). The number of carbonyl (C=O) groups excluding carboxylic acids is 1. The monoisotopic (exact) mass is 574 g/mol. The summed E-state index contributed by atoms with van der Waals surface area (Å²) in [5.41, 5.74) is 3.29. The number of carbonyl (C=O) groups is 1. The number of hydrogen-bond donors (Lipinski definition) is 0. The van der Waals surface area contributed by atoms with E-state index in [9.17, 15) is 14.0 Å². The molecular formula is C29H24BrFN4O3. The van der Waals surface area contributed by atoms with Gasteiger partial charge in [-0.15, -0.1) is 0 Å². The highest BCUT2D eigenvalue weighted by atomic mass is 79.9. The number of nitrogens with zero attached hydrogens (tertiary/aromatic N) is 4. The Morgan fingerprint density at radius 3 is 2.34 bits per heavy atom. The minimum absolute atomic E-state index is 0.293. The standard InChI is InChI=1S/C29H24BrFN4O3/c1-2-38-24-13-7-19(8-14-24)25-15-16-28(36)34(32-25)18-29(37)35-27(21-5-11-23(31)12-6-21)17-26(33-35)20-3-9-22(30)10-4-20/h3-16,27H,2,17-18H2,1H3. The van der Waals surface area contributed by atoms with Crippen LogP contribution in [0.15, 0.2) is 99.3 Å². The highest BCUT2D eigenvalue weighted by molar-refractivity contribution is 9.10. The van der Waals surface area contributed by atoms with Crippen LogP contribution in [0.3, 0.4) is 0 Å². The topological polar surface area (TPSA) is 76.8 Å². The van der Waals surface area contributed by atoms with Crippen LogP contribution in [0.25, 0.3) is 11.3 Å². The Balaban J connectivity index is 1.44. The molecule has 2 heterocycles. The van der Waals surface area contributed by atoms with Crippen molar-refractivity contribution in [2.75, 3.05) is 6.61 Å². The number of rotatable bonds is 7. The van der Waals surface area contributed by atoms with Crippen molar-refractivity contribution in [3.8, 4) is 17.0 Å². The molecule has 0 saturated heterocycles. The van der Waals surface area contributed by atoms with E-state index in [1.807, 2.05) is 55.5 Å². The summed E-state index contributed by atoms with van der Waals surface area (Å²) < 4.78 is 21.2. The van der Waals surface area contributed by atoms with Crippen molar-refractivity contribution in [3.05, 3.63) is 117 Å². The Hall–Kier alpha value is -4.11. The fourth-order valence-corrected chi connectivity index (χ4v) is 4.57. The van der Waals surface area contributed by atoms with E-state index >= 15 is 0 Å². The van der Waals surface area contributed by atoms with Gasteiger partial charge in [-0.2, -0.15) is 10.2 Å². The van der Waals surface area contributed by atoms with Crippen LogP contribution in [-0.2, 0) is 11.3 Å². The lowest BCUT2D eigenvalue weighted by atomic mass is 9.98. The lowest BCUT2D eigenvalue weighted by molar-refractivity contribution is -0.133. The van der Waals surface area contributed by atoms with Gasteiger partial charge in [-0.3, -0.25) is 9.59 Å². The fourth-order valence-electron chi connectivity index (χ4n) is 4.31. The van der Waals surface area contributed by atoms with Crippen LogP contribution in [0.2, 0.25) is 0 Å². The molecule has 0 spiro atoms. The highest BCUT2D eigenvalue weighted by Crippen LogP contribution is 2.33. The predicted molar refractivity (Wildman–Crippen MR) is 146 cm³/mol. The smallest absolute Gasteiger partial charge is 0.267 e. The molecule has 1 aliphatic rings. The molecule has 0 N–H and O–H groups in total. The second-order valence-corrected chi connectivity index (χ2v) is 9.65. The van der Waals surface area contributed by atoms with Gasteiger partial charge in [0.1, 0.15) is 18.1 Å². The highest BCUT2D eigenvalue weighted by Gasteiger charge is 2.33. The number of amides is 1. The van der Waals surface area contributed by atoms with Gasteiger partial charge in [0.05, 0.1) is 24.1 Å². The number of ether oxygens (including phenoxy) is 1. The summed E-state index contributed by atoms with van der Waals surface area (Å²) >= 11 is 3.44. The van der Waals surface area contributed by atoms with Crippen LogP contribution in [0.5, 0.6) is 5.75 Å². The number of hydrazone groups is 1. The second-order valence-electron chi connectivity index (χ2n) is 8.74. The molecular weight excluding hydrogens is 551 g/mol. The molecule has 0 aliphatic carbocycles. The molecule has 1 aliphatic heterocycles. The number of halogens is 2. The maximum absolute atomic E-state index is 13.6. The first-order chi connectivity index (χ1) is 18.4. The number of aromatic nitrogens is 2. The van der Waals surface area contributed by atoms with E-state index in [0.29, 0.717) is 18.7 Å². The molecule has 0 bridgehead atoms. The van der Waals surface area contributed by atoms with Crippen molar-refractivity contribution >= 4 is 27.5 Å². The summed E-state index contributed by atoms with van der Waals surface area (Å²) in [6, 6.07) is 23.6. The van der Waals surface area contributed by atoms with E-state index < -0.39 is 17.5 Å². The third-order valence-electron chi connectivity index (χ3n) is 6.21. The van der Waals surface area contributed by atoms with Crippen molar-refractivity contribution < 1.29 is 13.9 Å². The SMILES string of the molecule is CCOc1ccc(-c2ccc(=O)n(CC(=O)N3N=C(c4ccc(Br)cc4)CC3c3ccc(F)cc3)n2)cc1. The Bertz CT molecular complexity index is 1530. The van der Waals surface area contributed by atoms with Crippen LogP contribution < -0.4 is 10.3 Å². The van der Waals surface area contributed by atoms with Crippen molar-refractivity contribution in [1.82, 2.24) is 14.8 Å². The summed E-state index contributed by atoms with van der Waals surface area (Å²) in [7, 11) is 0. The lowest BCUT2D eigenvalue weighted by Crippen LogP contribution is -2.34. The Morgan fingerprint density at radius 2 is 1.66 bits per heavy atom. The molecule has 192 valence electrons. The van der Waals surface area contributed by atoms with Gasteiger partial charge in [0.25, 0.3) is 11.5 Å². The molecule has 7 nitrogen and oxygen atoms in total. The average molecular weight is 575 g/mol. The zero-order chi connectivity index (χ0) is 26.6. The maximum Gasteiger partial charge on any atom is 0.267 e. The van der Waals surface area contributed by atoms with Gasteiger partial charge < -0.3 is 4.74 Å². The summed E-state index contributed by atoms with van der Waals surface area (Å²) in [6.07, 6.45) is 0.452. The average Bonchev–Trinajstić information content (AvgIpc) is 3.37. The second kappa shape index (κ2) is 11.1. The number of hydrogen-bond acceptors (Lipinski definition) is 5. The third kappa shape index (κ3) is 5.57. The fraction of sp³-hybridized carbons (Fsp3) is 0.172. The van der Waals surface area contributed by atoms with Crippen LogP contribution in [0.4, 0.5) is 4.39 Å². The van der Waals surface area contributed by atoms with Gasteiger partial charge in [0.2, 0.25) is 0 Å². The molecule has 1 aromatic heterocycles. The Labute approximate surface area is 227 Å². The largest absolute Gasteiger partial charge is 0.494 e. The number of benzene rings is 3. The van der Waals surface area contributed by atoms with E-state index in [1.54, 1.807) is 18.2 Å².